The summed E-state index contributed by atoms with van der Waals surface area (Å²) in [7, 11) is -4.01. The Morgan fingerprint density at radius 1 is 0.974 bits per heavy atom. The number of hydrogen-bond donors (Lipinski definition) is 1. The Labute approximate surface area is 226 Å². The molecule has 2 aliphatic rings. The molecule has 4 rings (SSSR count). The second kappa shape index (κ2) is 12.2. The number of hydrogen-bond acceptors (Lipinski definition) is 5. The molecule has 1 N–H and O–H groups in total. The fourth-order valence-electron chi connectivity index (χ4n) is 5.40. The molecule has 0 atom stereocenters. The summed E-state index contributed by atoms with van der Waals surface area (Å²) >= 11 is 0. The number of carbonyl (C=O) groups is 2. The summed E-state index contributed by atoms with van der Waals surface area (Å²) < 4.78 is 28.3. The fraction of sp³-hybridized carbons (Fsp3) is 0.500. The van der Waals surface area contributed by atoms with Crippen LogP contribution < -0.4 is 4.72 Å². The largest absolute Gasteiger partial charge is 0.294 e. The molecule has 8 heteroatoms. The second-order valence-corrected chi connectivity index (χ2v) is 12.1. The van der Waals surface area contributed by atoms with E-state index >= 15 is 0 Å². The summed E-state index contributed by atoms with van der Waals surface area (Å²) in [6.45, 7) is 4.63. The van der Waals surface area contributed by atoms with Crippen LogP contribution in [0.5, 0.6) is 0 Å². The highest BCUT2D eigenvalue weighted by Gasteiger charge is 2.49. The molecule has 0 aromatic heterocycles. The molecule has 1 fully saturated rings. The first kappa shape index (κ1) is 28.0. The van der Waals surface area contributed by atoms with Crippen LogP contribution in [0.15, 0.2) is 58.4 Å². The van der Waals surface area contributed by atoms with Crippen molar-refractivity contribution in [1.82, 2.24) is 9.62 Å². The van der Waals surface area contributed by atoms with Gasteiger partial charge in [-0.05, 0) is 42.9 Å². The Morgan fingerprint density at radius 2 is 1.66 bits per heavy atom. The number of benzene rings is 2. The maximum atomic E-state index is 13.4. The van der Waals surface area contributed by atoms with Gasteiger partial charge in [-0.15, -0.1) is 0 Å². The summed E-state index contributed by atoms with van der Waals surface area (Å²) in [6.07, 6.45) is 9.27. The van der Waals surface area contributed by atoms with Gasteiger partial charge in [0, 0.05) is 18.4 Å². The van der Waals surface area contributed by atoms with Gasteiger partial charge in [-0.1, -0.05) is 88.4 Å². The van der Waals surface area contributed by atoms with Crippen molar-refractivity contribution in [1.29, 1.82) is 0 Å². The third kappa shape index (κ3) is 6.17. The van der Waals surface area contributed by atoms with E-state index in [4.69, 9.17) is 4.99 Å². The fourth-order valence-corrected chi connectivity index (χ4v) is 6.65. The Morgan fingerprint density at radius 3 is 2.34 bits per heavy atom. The van der Waals surface area contributed by atoms with Gasteiger partial charge in [0.25, 0.3) is 15.9 Å². The van der Waals surface area contributed by atoms with Crippen molar-refractivity contribution in [2.75, 3.05) is 0 Å². The summed E-state index contributed by atoms with van der Waals surface area (Å²) in [5, 5.41) is 0. The molecular weight excluding hydrogens is 498 g/mol. The number of amides is 2. The topological polar surface area (TPSA) is 95.9 Å². The Hall–Kier alpha value is -3.00. The Bertz CT molecular complexity index is 1280. The van der Waals surface area contributed by atoms with Crippen LogP contribution in [-0.2, 0) is 26.2 Å². The normalized spacial score (nSPS) is 16.7. The molecule has 2 amide bonds. The van der Waals surface area contributed by atoms with Gasteiger partial charge in [-0.3, -0.25) is 19.5 Å². The van der Waals surface area contributed by atoms with E-state index in [9.17, 15) is 18.0 Å². The van der Waals surface area contributed by atoms with Crippen molar-refractivity contribution in [3.63, 3.8) is 0 Å². The predicted octanol–water partition coefficient (Wildman–Crippen LogP) is 5.98. The number of nitrogens with one attached hydrogen (secondary N) is 1. The molecule has 1 spiro atoms. The maximum Gasteiger partial charge on any atom is 0.264 e. The zero-order valence-electron chi connectivity index (χ0n) is 22.5. The van der Waals surface area contributed by atoms with E-state index in [2.05, 4.69) is 11.6 Å². The van der Waals surface area contributed by atoms with Crippen LogP contribution >= 0.6 is 0 Å². The smallest absolute Gasteiger partial charge is 0.264 e. The van der Waals surface area contributed by atoms with Crippen LogP contribution in [0, 0.1) is 0 Å². The molecule has 2 aromatic carbocycles. The number of aliphatic imine (C=N–C) groups is 1. The first-order chi connectivity index (χ1) is 18.3. The van der Waals surface area contributed by atoms with Crippen LogP contribution in [-0.4, -0.2) is 36.5 Å². The lowest BCUT2D eigenvalue weighted by Gasteiger charge is -2.23. The molecule has 1 heterocycles. The zero-order chi connectivity index (χ0) is 27.2. The number of nitrogens with zero attached hydrogens (tertiary/aromatic N) is 2. The molecule has 1 aliphatic heterocycles. The second-order valence-electron chi connectivity index (χ2n) is 10.4. The zero-order valence-corrected chi connectivity index (χ0v) is 23.4. The molecule has 1 saturated carbocycles. The molecule has 38 heavy (non-hydrogen) atoms. The van der Waals surface area contributed by atoms with Crippen molar-refractivity contribution >= 4 is 27.7 Å². The lowest BCUT2D eigenvalue weighted by atomic mass is 9.98. The highest BCUT2D eigenvalue weighted by molar-refractivity contribution is 7.90. The van der Waals surface area contributed by atoms with E-state index in [0.29, 0.717) is 18.5 Å². The van der Waals surface area contributed by atoms with Crippen molar-refractivity contribution < 1.29 is 18.0 Å². The molecule has 0 saturated heterocycles. The number of amidine groups is 1. The van der Waals surface area contributed by atoms with Gasteiger partial charge < -0.3 is 0 Å². The molecule has 1 aliphatic carbocycles. The van der Waals surface area contributed by atoms with Gasteiger partial charge in [0.05, 0.1) is 11.4 Å². The maximum absolute atomic E-state index is 13.4. The molecule has 7 nitrogen and oxygen atoms in total. The lowest BCUT2D eigenvalue weighted by Crippen LogP contribution is -2.40. The van der Waals surface area contributed by atoms with Crippen molar-refractivity contribution in [3.05, 3.63) is 54.1 Å². The van der Waals surface area contributed by atoms with Gasteiger partial charge in [0.2, 0.25) is 5.91 Å². The van der Waals surface area contributed by atoms with E-state index in [0.717, 1.165) is 74.7 Å². The van der Waals surface area contributed by atoms with E-state index < -0.39 is 21.5 Å². The quantitative estimate of drug-likeness (QED) is 0.337. The van der Waals surface area contributed by atoms with E-state index in [-0.39, 0.29) is 17.2 Å². The van der Waals surface area contributed by atoms with Crippen molar-refractivity contribution in [3.8, 4) is 11.1 Å². The highest BCUT2D eigenvalue weighted by atomic mass is 32.2. The van der Waals surface area contributed by atoms with Gasteiger partial charge in [-0.25, -0.2) is 13.1 Å². The Kier molecular flexibility index (Phi) is 9.03. The third-order valence-electron chi connectivity index (χ3n) is 7.52. The summed E-state index contributed by atoms with van der Waals surface area (Å²) in [5.74, 6) is 0.532. The van der Waals surface area contributed by atoms with Gasteiger partial charge >= 0.3 is 0 Å². The van der Waals surface area contributed by atoms with Crippen molar-refractivity contribution in [2.24, 2.45) is 4.99 Å². The monoisotopic (exact) mass is 537 g/mol. The number of rotatable bonds is 12. The standard InChI is InChI=1S/C30H39N3O4S/c1-3-5-7-15-28(34)32-38(36,37)26-13-9-8-12-25(26)24-18-16-23(17-19-24)22-33-27(14-6-4-2)31-30(29(33)35)20-10-11-21-30/h8-9,12-13,16-19H,3-7,10-11,14-15,20-22H2,1-2H3,(H,32,34). The molecule has 204 valence electrons. The summed E-state index contributed by atoms with van der Waals surface area (Å²) in [5.41, 5.74) is 1.66. The van der Waals surface area contributed by atoms with Gasteiger partial charge in [0.15, 0.2) is 0 Å². The third-order valence-corrected chi connectivity index (χ3v) is 8.95. The molecule has 0 radical (unpaired) electrons. The minimum absolute atomic E-state index is 0.0727. The molecule has 0 unspecified atom stereocenters. The molecule has 0 bridgehead atoms. The average Bonchev–Trinajstić information content (AvgIpc) is 3.48. The summed E-state index contributed by atoms with van der Waals surface area (Å²) in [6, 6.07) is 14.3. The minimum atomic E-state index is -4.01. The van der Waals surface area contributed by atoms with Gasteiger partial charge in [0.1, 0.15) is 11.4 Å². The van der Waals surface area contributed by atoms with E-state index in [1.54, 1.807) is 18.2 Å². The SMILES string of the molecule is CCCCCC(=O)NS(=O)(=O)c1ccccc1-c1ccc(CN2C(=O)C3(CCCC3)N=C2CCCC)cc1. The van der Waals surface area contributed by atoms with Gasteiger partial charge in [-0.2, -0.15) is 0 Å². The molecule has 2 aromatic rings. The van der Waals surface area contributed by atoms with Crippen molar-refractivity contribution in [2.45, 2.75) is 101 Å². The first-order valence-electron chi connectivity index (χ1n) is 13.9. The number of sulfonamides is 1. The Balaban J connectivity index is 1.52. The van der Waals surface area contributed by atoms with E-state index in [1.165, 1.54) is 6.07 Å². The summed E-state index contributed by atoms with van der Waals surface area (Å²) in [4.78, 5) is 32.6. The van der Waals surface area contributed by atoms with E-state index in [1.807, 2.05) is 36.1 Å². The first-order valence-corrected chi connectivity index (χ1v) is 15.4. The van der Waals surface area contributed by atoms with Crippen LogP contribution in [0.2, 0.25) is 0 Å². The van der Waals surface area contributed by atoms with Crippen LogP contribution in [0.1, 0.15) is 90.0 Å². The van der Waals surface area contributed by atoms with Crippen LogP contribution in [0.25, 0.3) is 11.1 Å². The van der Waals surface area contributed by atoms with Crippen LogP contribution in [0.4, 0.5) is 0 Å². The lowest BCUT2D eigenvalue weighted by molar-refractivity contribution is -0.131. The highest BCUT2D eigenvalue weighted by Crippen LogP contribution is 2.40. The minimum Gasteiger partial charge on any atom is -0.294 e. The number of unbranched alkanes of at least 4 members (excludes halogenated alkanes) is 3. The average molecular weight is 538 g/mol. The number of carbonyl (C=O) groups excluding carboxylic acids is 2. The predicted molar refractivity (Wildman–Crippen MR) is 150 cm³/mol. The molecular formula is C30H39N3O4S. The van der Waals surface area contributed by atoms with Crippen LogP contribution in [0.3, 0.4) is 0 Å².